The van der Waals surface area contributed by atoms with Crippen LogP contribution in [0.3, 0.4) is 0 Å². The van der Waals surface area contributed by atoms with Gasteiger partial charge < -0.3 is 20.6 Å². The zero-order valence-corrected chi connectivity index (χ0v) is 18.9. The standard InChI is InChI=1S/C21H23N5O4.C2H6/c1-25(2)20(29)14-10-7-11-15(18(14)27)23-17-16(19(28)24-26(3)21(17)30)22-12-13-8-5-4-6-9-13;1-2/h4-11,22-23,27H,12H2,1-3H3,(H,24,28);1-2H3. The van der Waals surface area contributed by atoms with Gasteiger partial charge in [-0.25, -0.2) is 0 Å². The summed E-state index contributed by atoms with van der Waals surface area (Å²) in [4.78, 5) is 38.9. The maximum atomic E-state index is 12.7. The molecule has 0 atom stereocenters. The molecule has 0 saturated carbocycles. The Morgan fingerprint density at radius 3 is 2.31 bits per heavy atom. The minimum Gasteiger partial charge on any atom is -0.505 e. The molecule has 9 heteroatoms. The number of benzene rings is 2. The number of carbonyl (C=O) groups is 1. The highest BCUT2D eigenvalue weighted by Gasteiger charge is 2.19. The Labute approximate surface area is 186 Å². The van der Waals surface area contributed by atoms with Crippen LogP contribution in [0.5, 0.6) is 5.75 Å². The fourth-order valence-electron chi connectivity index (χ4n) is 2.91. The summed E-state index contributed by atoms with van der Waals surface area (Å²) >= 11 is 0. The van der Waals surface area contributed by atoms with E-state index in [1.807, 2.05) is 44.2 Å². The first-order chi connectivity index (χ1) is 15.3. The molecule has 0 spiro atoms. The van der Waals surface area contributed by atoms with Crippen LogP contribution in [-0.2, 0) is 13.6 Å². The summed E-state index contributed by atoms with van der Waals surface area (Å²) in [5.41, 5.74) is 0.112. The maximum absolute atomic E-state index is 12.7. The molecule has 0 radical (unpaired) electrons. The number of nitrogens with one attached hydrogen (secondary N) is 3. The molecule has 170 valence electrons. The topological polar surface area (TPSA) is 119 Å². The Hall–Kier alpha value is -4.01. The lowest BCUT2D eigenvalue weighted by Crippen LogP contribution is -2.31. The molecular formula is C23H29N5O4. The molecule has 4 N–H and O–H groups in total. The largest absolute Gasteiger partial charge is 0.505 e. The van der Waals surface area contributed by atoms with Crippen molar-refractivity contribution in [1.82, 2.24) is 14.7 Å². The van der Waals surface area contributed by atoms with E-state index in [1.54, 1.807) is 20.2 Å². The van der Waals surface area contributed by atoms with Gasteiger partial charge in [0.05, 0.1) is 11.3 Å². The summed E-state index contributed by atoms with van der Waals surface area (Å²) in [7, 11) is 4.56. The molecular weight excluding hydrogens is 410 g/mol. The van der Waals surface area contributed by atoms with Gasteiger partial charge in [0.1, 0.15) is 11.4 Å². The van der Waals surface area contributed by atoms with Gasteiger partial charge in [0, 0.05) is 27.7 Å². The van der Waals surface area contributed by atoms with E-state index in [0.29, 0.717) is 6.54 Å². The van der Waals surface area contributed by atoms with E-state index in [1.165, 1.54) is 24.1 Å². The van der Waals surface area contributed by atoms with Gasteiger partial charge in [-0.2, -0.15) is 0 Å². The van der Waals surface area contributed by atoms with E-state index in [4.69, 9.17) is 0 Å². The van der Waals surface area contributed by atoms with Gasteiger partial charge in [-0.3, -0.25) is 24.2 Å². The third kappa shape index (κ3) is 5.37. The third-order valence-electron chi connectivity index (χ3n) is 4.51. The van der Waals surface area contributed by atoms with E-state index in [9.17, 15) is 19.5 Å². The summed E-state index contributed by atoms with van der Waals surface area (Å²) < 4.78 is 1.05. The molecule has 9 nitrogen and oxygen atoms in total. The molecule has 1 amide bonds. The van der Waals surface area contributed by atoms with Crippen molar-refractivity contribution in [3.8, 4) is 5.75 Å². The molecule has 2 aromatic carbocycles. The van der Waals surface area contributed by atoms with Gasteiger partial charge in [0.2, 0.25) is 0 Å². The Morgan fingerprint density at radius 2 is 1.69 bits per heavy atom. The Bertz CT molecular complexity index is 1180. The predicted molar refractivity (Wildman–Crippen MR) is 127 cm³/mol. The molecule has 32 heavy (non-hydrogen) atoms. The highest BCUT2D eigenvalue weighted by molar-refractivity contribution is 5.98. The van der Waals surface area contributed by atoms with Crippen LogP contribution < -0.4 is 21.8 Å². The van der Waals surface area contributed by atoms with Crippen molar-refractivity contribution in [3.05, 3.63) is 80.4 Å². The maximum Gasteiger partial charge on any atom is 0.290 e. The van der Waals surface area contributed by atoms with Crippen molar-refractivity contribution < 1.29 is 9.90 Å². The van der Waals surface area contributed by atoms with Crippen LogP contribution in [0, 0.1) is 0 Å². The predicted octanol–water partition coefficient (Wildman–Crippen LogP) is 2.86. The molecule has 0 aliphatic carbocycles. The second-order valence-electron chi connectivity index (χ2n) is 6.92. The van der Waals surface area contributed by atoms with Gasteiger partial charge >= 0.3 is 0 Å². The van der Waals surface area contributed by atoms with E-state index in [0.717, 1.165) is 10.2 Å². The number of aromatic hydroxyl groups is 1. The fourth-order valence-corrected chi connectivity index (χ4v) is 2.91. The number of aromatic amines is 1. The number of nitrogens with zero attached hydrogens (tertiary/aromatic N) is 2. The Kier molecular flexibility index (Phi) is 8.23. The van der Waals surface area contributed by atoms with Crippen LogP contribution in [0.15, 0.2) is 58.1 Å². The first kappa shape index (κ1) is 24.3. The monoisotopic (exact) mass is 439 g/mol. The fraction of sp³-hybridized carbons (Fsp3) is 0.261. The summed E-state index contributed by atoms with van der Waals surface area (Å²) in [6.07, 6.45) is 0. The molecule has 3 rings (SSSR count). The molecule has 0 aliphatic rings. The van der Waals surface area contributed by atoms with Gasteiger partial charge in [0.25, 0.3) is 17.0 Å². The number of phenolic OH excluding ortho intramolecular Hbond substituents is 1. The number of rotatable bonds is 6. The van der Waals surface area contributed by atoms with Crippen LogP contribution >= 0.6 is 0 Å². The molecule has 0 saturated heterocycles. The van der Waals surface area contributed by atoms with Crippen molar-refractivity contribution >= 4 is 23.0 Å². The third-order valence-corrected chi connectivity index (χ3v) is 4.51. The van der Waals surface area contributed by atoms with Crippen molar-refractivity contribution in [2.24, 2.45) is 7.05 Å². The number of amides is 1. The number of H-pyrrole nitrogens is 1. The highest BCUT2D eigenvalue weighted by Crippen LogP contribution is 2.31. The average Bonchev–Trinajstić information content (AvgIpc) is 2.79. The van der Waals surface area contributed by atoms with Gasteiger partial charge in [0.15, 0.2) is 5.75 Å². The van der Waals surface area contributed by atoms with Crippen LogP contribution in [0.1, 0.15) is 29.8 Å². The molecule has 0 unspecified atom stereocenters. The molecule has 1 heterocycles. The Morgan fingerprint density at radius 1 is 1.03 bits per heavy atom. The van der Waals surface area contributed by atoms with Gasteiger partial charge in [-0.05, 0) is 17.7 Å². The van der Waals surface area contributed by atoms with E-state index in [2.05, 4.69) is 15.7 Å². The van der Waals surface area contributed by atoms with Crippen LogP contribution in [-0.4, -0.2) is 39.8 Å². The summed E-state index contributed by atoms with van der Waals surface area (Å²) in [5.74, 6) is -0.704. The average molecular weight is 440 g/mol. The lowest BCUT2D eigenvalue weighted by Gasteiger charge is -2.17. The molecule has 1 aromatic heterocycles. The van der Waals surface area contributed by atoms with E-state index in [-0.39, 0.29) is 28.4 Å². The van der Waals surface area contributed by atoms with Crippen molar-refractivity contribution in [2.45, 2.75) is 20.4 Å². The highest BCUT2D eigenvalue weighted by atomic mass is 16.3. The minimum absolute atomic E-state index is 0.0330. The number of hydrogen-bond donors (Lipinski definition) is 4. The normalized spacial score (nSPS) is 10.0. The molecule has 0 aliphatic heterocycles. The molecule has 3 aromatic rings. The second-order valence-corrected chi connectivity index (χ2v) is 6.92. The lowest BCUT2D eigenvalue weighted by molar-refractivity contribution is 0.0824. The molecule has 0 bridgehead atoms. The summed E-state index contributed by atoms with van der Waals surface area (Å²) in [5, 5.41) is 18.8. The van der Waals surface area contributed by atoms with Crippen LogP contribution in [0.25, 0.3) is 0 Å². The SMILES string of the molecule is CC.CN(C)C(=O)c1cccc(Nc2c(NCc3ccccc3)c(=O)[nH]n(C)c2=O)c1O. The smallest absolute Gasteiger partial charge is 0.290 e. The number of aryl methyl sites for hydroxylation is 1. The molecule has 0 fully saturated rings. The summed E-state index contributed by atoms with van der Waals surface area (Å²) in [6.45, 7) is 4.32. The zero-order valence-electron chi connectivity index (χ0n) is 18.9. The van der Waals surface area contributed by atoms with Crippen molar-refractivity contribution in [1.29, 1.82) is 0 Å². The first-order valence-corrected chi connectivity index (χ1v) is 10.2. The number of anilines is 3. The number of aromatic nitrogens is 2. The van der Waals surface area contributed by atoms with Crippen LogP contribution in [0.4, 0.5) is 17.1 Å². The minimum atomic E-state index is -0.506. The summed E-state index contributed by atoms with van der Waals surface area (Å²) in [6, 6.07) is 14.0. The van der Waals surface area contributed by atoms with Crippen LogP contribution in [0.2, 0.25) is 0 Å². The number of para-hydroxylation sites is 1. The quantitative estimate of drug-likeness (QED) is 0.439. The second kappa shape index (κ2) is 10.9. The number of carbonyl (C=O) groups excluding carboxylic acids is 1. The Balaban J connectivity index is 0.00000176. The zero-order chi connectivity index (χ0) is 23.8. The van der Waals surface area contributed by atoms with E-state index < -0.39 is 17.0 Å². The number of phenols is 1. The van der Waals surface area contributed by atoms with Crippen molar-refractivity contribution in [2.75, 3.05) is 24.7 Å². The van der Waals surface area contributed by atoms with E-state index >= 15 is 0 Å². The van der Waals surface area contributed by atoms with Gasteiger partial charge in [-0.15, -0.1) is 0 Å². The first-order valence-electron chi connectivity index (χ1n) is 10.2. The van der Waals surface area contributed by atoms with Crippen molar-refractivity contribution in [3.63, 3.8) is 0 Å². The number of hydrogen-bond acceptors (Lipinski definition) is 6. The van der Waals surface area contributed by atoms with Gasteiger partial charge in [-0.1, -0.05) is 50.2 Å². The lowest BCUT2D eigenvalue weighted by atomic mass is 10.1.